The number of anilines is 1. The number of nitrogens with zero attached hydrogens (tertiary/aromatic N) is 3. The number of phosphoric ester groups is 1. The number of benzene rings is 1. The van der Waals surface area contributed by atoms with Crippen molar-refractivity contribution in [3.05, 3.63) is 64.0 Å². The summed E-state index contributed by atoms with van der Waals surface area (Å²) in [6.45, 7) is 15.1. The normalized spacial score (nSPS) is 30.4. The van der Waals surface area contributed by atoms with Crippen LogP contribution in [0, 0.1) is 17.8 Å². The fourth-order valence-electron chi connectivity index (χ4n) is 9.89. The van der Waals surface area contributed by atoms with E-state index in [1.807, 2.05) is 54.5 Å². The van der Waals surface area contributed by atoms with Crippen LogP contribution < -0.4 is 19.7 Å². The minimum Gasteiger partial charge on any atom is -0.482 e. The molecule has 3 aliphatic carbocycles. The molecule has 1 aromatic carbocycles. The first kappa shape index (κ1) is 40.6. The first-order valence-corrected chi connectivity index (χ1v) is 20.6. The third kappa shape index (κ3) is 6.37. The molecule has 7 unspecified atom stereocenters. The van der Waals surface area contributed by atoms with Crippen molar-refractivity contribution < 1.29 is 52.2 Å². The van der Waals surface area contributed by atoms with E-state index in [4.69, 9.17) is 29.2 Å². The number of methoxy groups -OCH3 is 1. The fourth-order valence-corrected chi connectivity index (χ4v) is 10.3. The Morgan fingerprint density at radius 3 is 2.39 bits per heavy atom. The topological polar surface area (TPSA) is 212 Å². The molecule has 1 saturated heterocycles. The Bertz CT molecular complexity index is 2240. The molecule has 0 amide bonds. The number of carbonyl (C=O) groups excluding carboxylic acids is 3. The summed E-state index contributed by atoms with van der Waals surface area (Å²) in [5, 5.41) is 4.38. The van der Waals surface area contributed by atoms with Crippen LogP contribution in [0.1, 0.15) is 109 Å². The molecule has 306 valence electrons. The lowest BCUT2D eigenvalue weighted by molar-refractivity contribution is -0.209. The highest BCUT2D eigenvalue weighted by Gasteiger charge is 2.86. The van der Waals surface area contributed by atoms with E-state index in [-0.39, 0.29) is 59.2 Å². The van der Waals surface area contributed by atoms with E-state index in [0.29, 0.717) is 18.4 Å². The van der Waals surface area contributed by atoms with Crippen molar-refractivity contribution in [3.63, 3.8) is 0 Å². The van der Waals surface area contributed by atoms with Crippen molar-refractivity contribution in [2.24, 2.45) is 17.8 Å². The van der Waals surface area contributed by atoms with Crippen molar-refractivity contribution in [2.45, 2.75) is 116 Å². The number of nitrogens with two attached hydrogens (primary N) is 1. The molecule has 8 rings (SSSR count). The molecule has 4 heterocycles. The van der Waals surface area contributed by atoms with Crippen LogP contribution in [0.3, 0.4) is 0 Å². The van der Waals surface area contributed by atoms with Crippen molar-refractivity contribution in [1.82, 2.24) is 14.8 Å². The first-order chi connectivity index (χ1) is 26.6. The molecule has 3 saturated carbocycles. The predicted molar refractivity (Wildman–Crippen MR) is 209 cm³/mol. The number of aromatic nitrogens is 3. The van der Waals surface area contributed by atoms with Crippen molar-refractivity contribution in [3.8, 4) is 17.2 Å². The van der Waals surface area contributed by atoms with Gasteiger partial charge in [-0.1, -0.05) is 29.4 Å². The maximum atomic E-state index is 15.9. The standard InChI is InChI=1S/C41H51N4O11P/c1-21(2)11-10-16-39(8)17-15-25-32(53-39)24(13-12-22(3)4)33-28(34(25)55-57(49,50)51)31(46)29-30(45-20-43-37(42)44-45)26-19-27-38(6,7)56-40(35(26)47,41(27,29)54-33)18-14-23(5)36(48)52-9/h11-12,14-15,17,20,26-27,29-30H,10,13,16,18-19H2,1-9H3,(H2,42,44)(H2,49,50,51)/b23-14-. The number of esters is 1. The largest absolute Gasteiger partial charge is 0.524 e. The zero-order valence-corrected chi connectivity index (χ0v) is 34.6. The quantitative estimate of drug-likeness (QED) is 0.1000. The van der Waals surface area contributed by atoms with E-state index in [9.17, 15) is 19.1 Å². The third-order valence-corrected chi connectivity index (χ3v) is 12.7. The van der Waals surface area contributed by atoms with Crippen LogP contribution in [0.25, 0.3) is 6.08 Å². The SMILES string of the molecule is COC(=O)/C(C)=C\CC12OC(C)(C)C3CC(C1=O)C(n1cnc(N)n1)C1C(=O)c4c(OP(=O)(O)O)c5c(c(CC=C(C)C)c4OC132)OC(C)(CCC=C(C)C)C=C5. The number of hydrogen-bond donors (Lipinski definition) is 3. The lowest BCUT2D eigenvalue weighted by Gasteiger charge is -2.62. The van der Waals surface area contributed by atoms with Crippen LogP contribution in [0.2, 0.25) is 0 Å². The number of Topliss-reactive ketones (excluding diaryl/α,β-unsaturated/α-hetero) is 2. The van der Waals surface area contributed by atoms with Crippen LogP contribution in [0.5, 0.6) is 17.2 Å². The maximum absolute atomic E-state index is 15.9. The number of fused-ring (bicyclic) bond motifs is 2. The van der Waals surface area contributed by atoms with Crippen LogP contribution >= 0.6 is 7.82 Å². The minimum atomic E-state index is -5.32. The summed E-state index contributed by atoms with van der Waals surface area (Å²) >= 11 is 0. The fraction of sp³-hybridized carbons (Fsp3) is 0.537. The summed E-state index contributed by atoms with van der Waals surface area (Å²) in [5.74, 6) is -4.47. The first-order valence-electron chi connectivity index (χ1n) is 19.1. The van der Waals surface area contributed by atoms with E-state index >= 15 is 9.59 Å². The predicted octanol–water partition coefficient (Wildman–Crippen LogP) is 6.20. The summed E-state index contributed by atoms with van der Waals surface area (Å²) in [6.07, 6.45) is 12.0. The number of phosphoric acid groups is 1. The zero-order valence-electron chi connectivity index (χ0n) is 33.7. The monoisotopic (exact) mass is 806 g/mol. The van der Waals surface area contributed by atoms with E-state index < -0.39 is 71.5 Å². The van der Waals surface area contributed by atoms with E-state index in [1.165, 1.54) is 18.1 Å². The Hall–Kier alpha value is -4.56. The summed E-state index contributed by atoms with van der Waals surface area (Å²) in [6, 6.07) is -0.985. The highest BCUT2D eigenvalue weighted by Crippen LogP contribution is 2.73. The van der Waals surface area contributed by atoms with Crippen LogP contribution in [-0.2, 0) is 30.0 Å². The number of nitrogen functional groups attached to an aromatic ring is 1. The number of ether oxygens (including phenoxy) is 4. The molecule has 0 radical (unpaired) electrons. The number of ketones is 2. The molecule has 15 nitrogen and oxygen atoms in total. The van der Waals surface area contributed by atoms with E-state index in [0.717, 1.165) is 11.1 Å². The van der Waals surface area contributed by atoms with E-state index in [2.05, 4.69) is 16.2 Å². The Labute approximate surface area is 331 Å². The van der Waals surface area contributed by atoms with Gasteiger partial charge in [0.1, 0.15) is 29.0 Å². The maximum Gasteiger partial charge on any atom is 0.524 e. The second-order valence-electron chi connectivity index (χ2n) is 17.1. The molecule has 1 spiro atoms. The van der Waals surface area contributed by atoms with Crippen molar-refractivity contribution >= 4 is 37.4 Å². The molecule has 3 aliphatic heterocycles. The second-order valence-corrected chi connectivity index (χ2v) is 18.2. The Kier molecular flexibility index (Phi) is 9.83. The summed E-state index contributed by atoms with van der Waals surface area (Å²) in [7, 11) is -4.06. The van der Waals surface area contributed by atoms with Gasteiger partial charge in [-0.2, -0.15) is 0 Å². The number of allylic oxidation sites excluding steroid dienone is 4. The molecule has 2 aromatic rings. The smallest absolute Gasteiger partial charge is 0.482 e. The number of hydrogen-bond acceptors (Lipinski definition) is 12. The van der Waals surface area contributed by atoms with Crippen LogP contribution in [0.15, 0.2) is 47.4 Å². The molecule has 57 heavy (non-hydrogen) atoms. The molecule has 4 bridgehead atoms. The van der Waals surface area contributed by atoms with Gasteiger partial charge in [-0.05, 0) is 93.2 Å². The highest BCUT2D eigenvalue weighted by atomic mass is 31.2. The van der Waals surface area contributed by atoms with Gasteiger partial charge < -0.3 is 29.2 Å². The molecule has 7 atom stereocenters. The van der Waals surface area contributed by atoms with Gasteiger partial charge in [-0.15, -0.1) is 5.10 Å². The van der Waals surface area contributed by atoms with Gasteiger partial charge in [0.2, 0.25) is 5.95 Å². The molecule has 16 heteroatoms. The van der Waals surface area contributed by atoms with Crippen molar-refractivity contribution in [1.29, 1.82) is 0 Å². The Balaban J connectivity index is 1.56. The number of rotatable bonds is 11. The van der Waals surface area contributed by atoms with Crippen LogP contribution in [-0.4, -0.2) is 71.6 Å². The van der Waals surface area contributed by atoms with Crippen LogP contribution in [0.4, 0.5) is 5.95 Å². The second kappa shape index (κ2) is 13.8. The Morgan fingerprint density at radius 1 is 1.07 bits per heavy atom. The average Bonchev–Trinajstić information content (AvgIpc) is 3.60. The third-order valence-electron chi connectivity index (χ3n) is 12.2. The summed E-state index contributed by atoms with van der Waals surface area (Å²) in [4.78, 5) is 68.7. The molecular formula is C41H51N4O11P. The highest BCUT2D eigenvalue weighted by molar-refractivity contribution is 7.46. The van der Waals surface area contributed by atoms with Gasteiger partial charge in [0.15, 0.2) is 28.5 Å². The molecule has 4 fully saturated rings. The van der Waals surface area contributed by atoms with Gasteiger partial charge in [-0.25, -0.2) is 19.0 Å². The minimum absolute atomic E-state index is 0.0211. The molecule has 6 aliphatic rings. The molecule has 1 aromatic heterocycles. The van der Waals surface area contributed by atoms with Gasteiger partial charge in [0.25, 0.3) is 0 Å². The van der Waals surface area contributed by atoms with Gasteiger partial charge in [-0.3, -0.25) is 19.4 Å². The molecule has 4 N–H and O–H groups in total. The van der Waals surface area contributed by atoms with E-state index in [1.54, 1.807) is 25.2 Å². The zero-order chi connectivity index (χ0) is 41.6. The van der Waals surface area contributed by atoms with Gasteiger partial charge in [0.05, 0.1) is 30.2 Å². The summed E-state index contributed by atoms with van der Waals surface area (Å²) in [5.41, 5.74) is 3.28. The van der Waals surface area contributed by atoms with Gasteiger partial charge >= 0.3 is 13.8 Å². The Morgan fingerprint density at radius 2 is 1.77 bits per heavy atom. The van der Waals surface area contributed by atoms with Gasteiger partial charge in [0, 0.05) is 29.4 Å². The summed E-state index contributed by atoms with van der Waals surface area (Å²) < 4.78 is 45.9. The molecular weight excluding hydrogens is 755 g/mol. The lowest BCUT2D eigenvalue weighted by atomic mass is 9.45. The van der Waals surface area contributed by atoms with Crippen molar-refractivity contribution in [2.75, 3.05) is 12.8 Å². The number of carbonyl (C=O) groups is 3. The lowest BCUT2D eigenvalue weighted by Crippen LogP contribution is -2.78. The average molecular weight is 807 g/mol.